The first-order chi connectivity index (χ1) is 14.7. The third-order valence-electron chi connectivity index (χ3n) is 5.19. The van der Waals surface area contributed by atoms with Crippen LogP contribution in [0.3, 0.4) is 0 Å². The van der Waals surface area contributed by atoms with Gasteiger partial charge in [0.15, 0.2) is 0 Å². The Hall–Kier alpha value is -3.33. The quantitative estimate of drug-likeness (QED) is 0.630. The van der Waals surface area contributed by atoms with Crippen LogP contribution in [0.25, 0.3) is 11.1 Å². The second-order valence-corrected chi connectivity index (χ2v) is 9.47. The maximum atomic E-state index is 13.6. The number of hydrogen-bond donors (Lipinski definition) is 1. The molecule has 162 valence electrons. The first kappa shape index (κ1) is 20.9. The highest BCUT2D eigenvalue weighted by molar-refractivity contribution is 7.92. The van der Waals surface area contributed by atoms with Gasteiger partial charge in [-0.05, 0) is 48.7 Å². The highest BCUT2D eigenvalue weighted by Gasteiger charge is 2.35. The molecule has 2 aromatic carbocycles. The highest BCUT2D eigenvalue weighted by atomic mass is 32.2. The molecule has 1 aliphatic heterocycles. The minimum absolute atomic E-state index is 0.0348. The van der Waals surface area contributed by atoms with Gasteiger partial charge in [0.2, 0.25) is 0 Å². The smallest absolute Gasteiger partial charge is 0.303 e. The minimum atomic E-state index is -3.88. The Morgan fingerprint density at radius 3 is 2.71 bits per heavy atom. The molecule has 0 unspecified atom stereocenters. The summed E-state index contributed by atoms with van der Waals surface area (Å²) >= 11 is 0. The Morgan fingerprint density at radius 1 is 1.23 bits per heavy atom. The molecule has 1 atom stereocenters. The van der Waals surface area contributed by atoms with Crippen LogP contribution >= 0.6 is 0 Å². The van der Waals surface area contributed by atoms with Crippen molar-refractivity contribution in [2.45, 2.75) is 30.8 Å². The molecule has 3 aromatic rings. The molecule has 0 radical (unpaired) electrons. The van der Waals surface area contributed by atoms with E-state index in [9.17, 15) is 13.2 Å². The van der Waals surface area contributed by atoms with E-state index in [-0.39, 0.29) is 24.3 Å². The second-order valence-electron chi connectivity index (χ2n) is 7.61. The van der Waals surface area contributed by atoms with Gasteiger partial charge >= 0.3 is 5.97 Å². The first-order valence-corrected chi connectivity index (χ1v) is 11.3. The average molecular weight is 442 g/mol. The number of aromatic nitrogens is 2. The van der Waals surface area contributed by atoms with E-state index in [2.05, 4.69) is 5.10 Å². The number of carboxylic acid groups (broad SMARTS) is 1. The Morgan fingerprint density at radius 2 is 2.03 bits per heavy atom. The van der Waals surface area contributed by atoms with Crippen molar-refractivity contribution < 1.29 is 23.1 Å². The van der Waals surface area contributed by atoms with Crippen LogP contribution in [0.4, 0.5) is 5.69 Å². The van der Waals surface area contributed by atoms with E-state index in [1.807, 2.05) is 32.3 Å². The zero-order valence-electron chi connectivity index (χ0n) is 17.2. The number of benzene rings is 2. The molecule has 2 heterocycles. The topological polar surface area (TPSA) is 102 Å². The summed E-state index contributed by atoms with van der Waals surface area (Å²) in [6, 6.07) is 12.1. The summed E-state index contributed by atoms with van der Waals surface area (Å²) in [7, 11) is -2.07. The summed E-state index contributed by atoms with van der Waals surface area (Å²) in [6.45, 7) is 1.87. The van der Waals surface area contributed by atoms with Gasteiger partial charge in [-0.15, -0.1) is 0 Å². The number of carbonyl (C=O) groups is 1. The van der Waals surface area contributed by atoms with E-state index in [4.69, 9.17) is 9.84 Å². The zero-order valence-corrected chi connectivity index (χ0v) is 18.0. The van der Waals surface area contributed by atoms with Crippen LogP contribution in [-0.4, -0.2) is 41.9 Å². The van der Waals surface area contributed by atoms with E-state index in [0.29, 0.717) is 11.4 Å². The summed E-state index contributed by atoms with van der Waals surface area (Å²) in [5.41, 5.74) is 2.92. The predicted molar refractivity (Wildman–Crippen MR) is 116 cm³/mol. The largest absolute Gasteiger partial charge is 0.486 e. The molecule has 8 nitrogen and oxygen atoms in total. The minimum Gasteiger partial charge on any atom is -0.486 e. The van der Waals surface area contributed by atoms with Crippen molar-refractivity contribution in [3.63, 3.8) is 0 Å². The van der Waals surface area contributed by atoms with Crippen LogP contribution in [0, 0.1) is 6.92 Å². The highest BCUT2D eigenvalue weighted by Crippen LogP contribution is 2.40. The van der Waals surface area contributed by atoms with Gasteiger partial charge in [0.25, 0.3) is 10.0 Å². The van der Waals surface area contributed by atoms with E-state index >= 15 is 0 Å². The molecule has 9 heteroatoms. The number of nitrogens with zero attached hydrogens (tertiary/aromatic N) is 3. The number of carboxylic acids is 1. The van der Waals surface area contributed by atoms with Gasteiger partial charge in [-0.2, -0.15) is 5.10 Å². The van der Waals surface area contributed by atoms with Gasteiger partial charge in [0.05, 0.1) is 23.3 Å². The number of ether oxygens (including phenoxy) is 1. The van der Waals surface area contributed by atoms with Gasteiger partial charge in [-0.3, -0.25) is 13.8 Å². The molecule has 4 rings (SSSR count). The van der Waals surface area contributed by atoms with E-state index in [0.717, 1.165) is 16.7 Å². The number of sulfonamides is 1. The Labute approximate surface area is 180 Å². The van der Waals surface area contributed by atoms with E-state index < -0.39 is 22.1 Å². The fourth-order valence-corrected chi connectivity index (χ4v) is 5.23. The first-order valence-electron chi connectivity index (χ1n) is 9.85. The molecule has 0 saturated carbocycles. The van der Waals surface area contributed by atoms with Crippen molar-refractivity contribution in [2.75, 3.05) is 10.8 Å². The van der Waals surface area contributed by atoms with Gasteiger partial charge in [-0.25, -0.2) is 8.42 Å². The van der Waals surface area contributed by atoms with Crippen LogP contribution in [0.15, 0.2) is 59.8 Å². The lowest BCUT2D eigenvalue weighted by Gasteiger charge is -2.35. The van der Waals surface area contributed by atoms with Crippen molar-refractivity contribution in [3.8, 4) is 16.9 Å². The number of hydrogen-bond acceptors (Lipinski definition) is 5. The third kappa shape index (κ3) is 4.27. The Balaban J connectivity index is 1.79. The van der Waals surface area contributed by atoms with Crippen LogP contribution in [-0.2, 0) is 21.9 Å². The third-order valence-corrected chi connectivity index (χ3v) is 6.96. The molecule has 0 saturated heterocycles. The Bertz CT molecular complexity index is 1240. The molecule has 1 aromatic heterocycles. The van der Waals surface area contributed by atoms with Crippen LogP contribution in [0.2, 0.25) is 0 Å². The second kappa shape index (κ2) is 8.07. The monoisotopic (exact) mass is 441 g/mol. The number of rotatable bonds is 6. The maximum absolute atomic E-state index is 13.6. The molecule has 0 aliphatic carbocycles. The molecule has 1 aliphatic rings. The van der Waals surface area contributed by atoms with E-state index in [1.165, 1.54) is 4.31 Å². The summed E-state index contributed by atoms with van der Waals surface area (Å²) in [4.78, 5) is 11.2. The van der Waals surface area contributed by atoms with Gasteiger partial charge in [0, 0.05) is 25.2 Å². The van der Waals surface area contributed by atoms with E-state index in [1.54, 1.807) is 41.2 Å². The Kier molecular flexibility index (Phi) is 5.45. The van der Waals surface area contributed by atoms with Crippen molar-refractivity contribution in [2.24, 2.45) is 7.05 Å². The van der Waals surface area contributed by atoms with Gasteiger partial charge in [-0.1, -0.05) is 18.2 Å². The molecule has 0 amide bonds. The van der Waals surface area contributed by atoms with Crippen molar-refractivity contribution >= 4 is 21.7 Å². The fourth-order valence-electron chi connectivity index (χ4n) is 3.63. The SMILES string of the molecule is Cc1cccc(S(=O)(=O)N2C[C@H](CCC(=O)O)Oc3ccc(-c4cnn(C)c4)cc32)c1. The lowest BCUT2D eigenvalue weighted by Crippen LogP contribution is -2.43. The molecule has 1 N–H and O–H groups in total. The zero-order chi connectivity index (χ0) is 22.2. The molecular formula is C22H23N3O5S. The van der Waals surface area contributed by atoms with Crippen LogP contribution in [0.1, 0.15) is 18.4 Å². The number of aliphatic carboxylic acids is 1. The summed E-state index contributed by atoms with van der Waals surface area (Å²) in [6.07, 6.45) is 3.10. The summed E-state index contributed by atoms with van der Waals surface area (Å²) in [5.74, 6) is -0.542. The van der Waals surface area contributed by atoms with Crippen molar-refractivity contribution in [1.29, 1.82) is 0 Å². The number of aryl methyl sites for hydroxylation is 2. The van der Waals surface area contributed by atoms with Gasteiger partial charge in [0.1, 0.15) is 11.9 Å². The lowest BCUT2D eigenvalue weighted by molar-refractivity contribution is -0.137. The van der Waals surface area contributed by atoms with Crippen LogP contribution in [0.5, 0.6) is 5.75 Å². The molecule has 0 bridgehead atoms. The molecule has 0 fully saturated rings. The summed E-state index contributed by atoms with van der Waals surface area (Å²) < 4.78 is 36.1. The van der Waals surface area contributed by atoms with Gasteiger partial charge < -0.3 is 9.84 Å². The predicted octanol–water partition coefficient (Wildman–Crippen LogP) is 3.22. The maximum Gasteiger partial charge on any atom is 0.303 e. The van der Waals surface area contributed by atoms with Crippen LogP contribution < -0.4 is 9.04 Å². The normalized spacial score (nSPS) is 15.9. The average Bonchev–Trinajstić information content (AvgIpc) is 3.17. The molecule has 31 heavy (non-hydrogen) atoms. The molecule has 0 spiro atoms. The number of anilines is 1. The number of fused-ring (bicyclic) bond motifs is 1. The van der Waals surface area contributed by atoms with Crippen molar-refractivity contribution in [3.05, 3.63) is 60.4 Å². The summed E-state index contributed by atoms with van der Waals surface area (Å²) in [5, 5.41) is 13.2. The van der Waals surface area contributed by atoms with Crippen molar-refractivity contribution in [1.82, 2.24) is 9.78 Å². The fraction of sp³-hybridized carbons (Fsp3) is 0.273. The molecular weight excluding hydrogens is 418 g/mol. The lowest BCUT2D eigenvalue weighted by atomic mass is 10.1. The standard InChI is InChI=1S/C22H23N3O5S/c1-15-4-3-5-19(10-15)31(28,29)25-14-18(7-9-22(26)27)30-21-8-6-16(11-20(21)25)17-12-23-24(2)13-17/h3-6,8,10-13,18H,7,9,14H2,1-2H3,(H,26,27)/t18-/m0/s1.